The molecule has 1 aromatic rings. The first-order valence-corrected chi connectivity index (χ1v) is 9.59. The molecule has 4 heteroatoms. The monoisotopic (exact) mass is 344 g/mol. The van der Waals surface area contributed by atoms with Gasteiger partial charge in [0, 0.05) is 38.5 Å². The molecule has 1 aliphatic rings. The molecule has 138 valence electrons. The van der Waals surface area contributed by atoms with Gasteiger partial charge in [-0.2, -0.15) is 0 Å². The molecule has 0 N–H and O–H groups in total. The highest BCUT2D eigenvalue weighted by atomic mass is 16.2. The van der Waals surface area contributed by atoms with E-state index in [0.29, 0.717) is 25.6 Å². The number of carbonyl (C=O) groups excluding carboxylic acids is 2. The Morgan fingerprint density at radius 3 is 2.28 bits per heavy atom. The molecular weight excluding hydrogens is 312 g/mol. The highest BCUT2D eigenvalue weighted by Crippen LogP contribution is 2.23. The Morgan fingerprint density at radius 2 is 1.72 bits per heavy atom. The van der Waals surface area contributed by atoms with E-state index in [4.69, 9.17) is 0 Å². The van der Waals surface area contributed by atoms with Crippen molar-refractivity contribution in [3.05, 3.63) is 35.9 Å². The Bertz CT molecular complexity index is 550. The number of rotatable bonds is 7. The number of nitrogens with zero attached hydrogens (tertiary/aromatic N) is 2. The van der Waals surface area contributed by atoms with E-state index in [0.717, 1.165) is 18.4 Å². The van der Waals surface area contributed by atoms with Crippen LogP contribution in [0.5, 0.6) is 0 Å². The topological polar surface area (TPSA) is 40.6 Å². The molecule has 2 rings (SSSR count). The molecule has 0 bridgehead atoms. The van der Waals surface area contributed by atoms with E-state index >= 15 is 0 Å². The van der Waals surface area contributed by atoms with Crippen LogP contribution in [0.15, 0.2) is 30.3 Å². The number of benzene rings is 1. The molecule has 25 heavy (non-hydrogen) atoms. The van der Waals surface area contributed by atoms with E-state index in [1.807, 2.05) is 54.0 Å². The first-order chi connectivity index (χ1) is 12.0. The quantitative estimate of drug-likeness (QED) is 0.750. The summed E-state index contributed by atoms with van der Waals surface area (Å²) in [5, 5.41) is 0. The predicted octanol–water partition coefficient (Wildman–Crippen LogP) is 3.99. The number of amides is 2. The molecule has 0 unspecified atom stereocenters. The molecule has 2 amide bonds. The summed E-state index contributed by atoms with van der Waals surface area (Å²) < 4.78 is 0. The van der Waals surface area contributed by atoms with Crippen molar-refractivity contribution < 1.29 is 9.59 Å². The molecule has 0 aliphatic heterocycles. The zero-order chi connectivity index (χ0) is 18.2. The molecule has 0 heterocycles. The maximum Gasteiger partial charge on any atom is 0.224 e. The number of hydrogen-bond acceptors (Lipinski definition) is 2. The summed E-state index contributed by atoms with van der Waals surface area (Å²) in [6.07, 6.45) is 6.20. The molecule has 0 atom stereocenters. The molecule has 0 radical (unpaired) electrons. The maximum absolute atomic E-state index is 12.8. The zero-order valence-electron chi connectivity index (χ0n) is 15.9. The van der Waals surface area contributed by atoms with Crippen molar-refractivity contribution in [2.24, 2.45) is 0 Å². The summed E-state index contributed by atoms with van der Waals surface area (Å²) in [5.41, 5.74) is 1.14. The second kappa shape index (κ2) is 9.59. The number of carbonyl (C=O) groups is 2. The van der Waals surface area contributed by atoms with E-state index in [1.165, 1.54) is 19.3 Å². The van der Waals surface area contributed by atoms with Gasteiger partial charge in [-0.15, -0.1) is 0 Å². The second-order valence-corrected chi connectivity index (χ2v) is 7.36. The van der Waals surface area contributed by atoms with Gasteiger partial charge in [0.1, 0.15) is 0 Å². The lowest BCUT2D eigenvalue weighted by molar-refractivity contribution is -0.136. The lowest BCUT2D eigenvalue weighted by atomic mass is 9.94. The van der Waals surface area contributed by atoms with Crippen LogP contribution in [0.2, 0.25) is 0 Å². The third kappa shape index (κ3) is 5.87. The van der Waals surface area contributed by atoms with Crippen LogP contribution in [-0.2, 0) is 16.1 Å². The van der Waals surface area contributed by atoms with Crippen LogP contribution in [0.3, 0.4) is 0 Å². The normalized spacial score (nSPS) is 15.2. The van der Waals surface area contributed by atoms with E-state index in [9.17, 15) is 9.59 Å². The van der Waals surface area contributed by atoms with Gasteiger partial charge in [-0.25, -0.2) is 0 Å². The van der Waals surface area contributed by atoms with Crippen LogP contribution in [0.4, 0.5) is 0 Å². The van der Waals surface area contributed by atoms with Gasteiger partial charge >= 0.3 is 0 Å². The Hall–Kier alpha value is -1.84. The van der Waals surface area contributed by atoms with Gasteiger partial charge < -0.3 is 9.80 Å². The Morgan fingerprint density at radius 1 is 1.08 bits per heavy atom. The predicted molar refractivity (Wildman–Crippen MR) is 101 cm³/mol. The smallest absolute Gasteiger partial charge is 0.224 e. The van der Waals surface area contributed by atoms with Crippen LogP contribution in [0.25, 0.3) is 0 Å². The van der Waals surface area contributed by atoms with E-state index in [2.05, 4.69) is 0 Å². The van der Waals surface area contributed by atoms with E-state index in [-0.39, 0.29) is 17.9 Å². The third-order valence-corrected chi connectivity index (χ3v) is 5.13. The van der Waals surface area contributed by atoms with Crippen molar-refractivity contribution in [1.82, 2.24) is 9.80 Å². The average molecular weight is 344 g/mol. The molecule has 1 aromatic carbocycles. The van der Waals surface area contributed by atoms with Crippen LogP contribution in [0.1, 0.15) is 64.9 Å². The van der Waals surface area contributed by atoms with Crippen molar-refractivity contribution in [2.45, 2.75) is 77.9 Å². The Labute approximate surface area is 152 Å². The molecule has 4 nitrogen and oxygen atoms in total. The largest absolute Gasteiger partial charge is 0.339 e. The van der Waals surface area contributed by atoms with Crippen LogP contribution in [0, 0.1) is 0 Å². The van der Waals surface area contributed by atoms with Gasteiger partial charge in [0.2, 0.25) is 11.8 Å². The van der Waals surface area contributed by atoms with Crippen molar-refractivity contribution >= 4 is 11.8 Å². The highest BCUT2D eigenvalue weighted by molar-refractivity contribution is 5.78. The fraction of sp³-hybridized carbons (Fsp3) is 0.619. The van der Waals surface area contributed by atoms with E-state index < -0.39 is 0 Å². The standard InChI is InChI=1S/C21H32N2O2/c1-17(2)23(16-19-10-6-4-7-11-19)21(25)14-15-22(18(3)24)20-12-8-5-9-13-20/h4,6-7,10-11,17,20H,5,8-9,12-16H2,1-3H3. The lowest BCUT2D eigenvalue weighted by Gasteiger charge is -2.34. The summed E-state index contributed by atoms with van der Waals surface area (Å²) >= 11 is 0. The van der Waals surface area contributed by atoms with Crippen LogP contribution < -0.4 is 0 Å². The maximum atomic E-state index is 12.8. The summed E-state index contributed by atoms with van der Waals surface area (Å²) in [6.45, 7) is 6.89. The van der Waals surface area contributed by atoms with Gasteiger partial charge in [0.25, 0.3) is 0 Å². The minimum Gasteiger partial charge on any atom is -0.339 e. The number of hydrogen-bond donors (Lipinski definition) is 0. The van der Waals surface area contributed by atoms with Gasteiger partial charge in [-0.05, 0) is 32.3 Å². The summed E-state index contributed by atoms with van der Waals surface area (Å²) in [6, 6.07) is 10.5. The Balaban J connectivity index is 1.95. The highest BCUT2D eigenvalue weighted by Gasteiger charge is 2.25. The fourth-order valence-electron chi connectivity index (χ4n) is 3.69. The lowest BCUT2D eigenvalue weighted by Crippen LogP contribution is -2.43. The second-order valence-electron chi connectivity index (χ2n) is 7.36. The molecule has 0 saturated heterocycles. The minimum atomic E-state index is 0.0962. The SMILES string of the molecule is CC(=O)N(CCC(=O)N(Cc1ccccc1)C(C)C)C1CCCCC1. The van der Waals surface area contributed by atoms with Crippen LogP contribution in [-0.4, -0.2) is 40.2 Å². The van der Waals surface area contributed by atoms with Gasteiger partial charge in [0.15, 0.2) is 0 Å². The summed E-state index contributed by atoms with van der Waals surface area (Å²) in [4.78, 5) is 28.7. The zero-order valence-corrected chi connectivity index (χ0v) is 15.9. The minimum absolute atomic E-state index is 0.0962. The van der Waals surface area contributed by atoms with Crippen molar-refractivity contribution in [2.75, 3.05) is 6.54 Å². The summed E-state index contributed by atoms with van der Waals surface area (Å²) in [7, 11) is 0. The first kappa shape index (κ1) is 19.5. The molecule has 1 saturated carbocycles. The van der Waals surface area contributed by atoms with Crippen LogP contribution >= 0.6 is 0 Å². The Kier molecular flexibility index (Phi) is 7.48. The van der Waals surface area contributed by atoms with E-state index in [1.54, 1.807) is 6.92 Å². The van der Waals surface area contributed by atoms with Gasteiger partial charge in [0.05, 0.1) is 0 Å². The van der Waals surface area contributed by atoms with Gasteiger partial charge in [-0.1, -0.05) is 49.6 Å². The first-order valence-electron chi connectivity index (χ1n) is 9.59. The third-order valence-electron chi connectivity index (χ3n) is 5.13. The molecule has 1 fully saturated rings. The van der Waals surface area contributed by atoms with Gasteiger partial charge in [-0.3, -0.25) is 9.59 Å². The van der Waals surface area contributed by atoms with Crippen molar-refractivity contribution in [3.63, 3.8) is 0 Å². The average Bonchev–Trinajstić information content (AvgIpc) is 2.61. The molecule has 0 aromatic heterocycles. The molecule has 1 aliphatic carbocycles. The van der Waals surface area contributed by atoms with Crippen molar-refractivity contribution in [1.29, 1.82) is 0 Å². The molecular formula is C21H32N2O2. The molecule has 0 spiro atoms. The van der Waals surface area contributed by atoms with Crippen molar-refractivity contribution in [3.8, 4) is 0 Å². The fourth-order valence-corrected chi connectivity index (χ4v) is 3.69. The summed E-state index contributed by atoms with van der Waals surface area (Å²) in [5.74, 6) is 0.222.